The summed E-state index contributed by atoms with van der Waals surface area (Å²) < 4.78 is 11.3. The maximum absolute atomic E-state index is 12.0. The average Bonchev–Trinajstić information content (AvgIpc) is 3.45. The molecule has 1 aliphatic rings. The van der Waals surface area contributed by atoms with E-state index in [9.17, 15) is 4.79 Å². The molecule has 0 radical (unpaired) electrons. The minimum atomic E-state index is -0.0381. The summed E-state index contributed by atoms with van der Waals surface area (Å²) in [5.74, 6) is 2.15. The Morgan fingerprint density at radius 1 is 1.19 bits per heavy atom. The van der Waals surface area contributed by atoms with Crippen molar-refractivity contribution < 1.29 is 14.3 Å². The van der Waals surface area contributed by atoms with E-state index in [0.29, 0.717) is 31.4 Å². The Kier molecular flexibility index (Phi) is 6.10. The maximum atomic E-state index is 12.0. The molecule has 1 aliphatic carbocycles. The highest BCUT2D eigenvalue weighted by atomic mass is 16.5. The van der Waals surface area contributed by atoms with E-state index < -0.39 is 0 Å². The van der Waals surface area contributed by atoms with E-state index in [1.165, 1.54) is 18.4 Å². The summed E-state index contributed by atoms with van der Waals surface area (Å²) in [7, 11) is 0. The molecule has 0 saturated heterocycles. The third-order valence-electron chi connectivity index (χ3n) is 4.37. The van der Waals surface area contributed by atoms with Crippen LogP contribution in [0.1, 0.15) is 36.0 Å². The van der Waals surface area contributed by atoms with Gasteiger partial charge in [0.15, 0.2) is 0 Å². The van der Waals surface area contributed by atoms with Crippen molar-refractivity contribution in [2.24, 2.45) is 5.92 Å². The lowest BCUT2D eigenvalue weighted by Crippen LogP contribution is -2.24. The number of aromatic nitrogens is 1. The number of nitrogens with one attached hydrogen (secondary N) is 1. The highest BCUT2D eigenvalue weighted by Crippen LogP contribution is 2.29. The molecule has 1 saturated carbocycles. The van der Waals surface area contributed by atoms with E-state index in [-0.39, 0.29) is 5.91 Å². The zero-order chi connectivity index (χ0) is 18.4. The van der Waals surface area contributed by atoms with Crippen LogP contribution >= 0.6 is 0 Å². The fourth-order valence-electron chi connectivity index (χ4n) is 2.59. The molecule has 3 rings (SSSR count). The largest absolute Gasteiger partial charge is 0.493 e. The lowest BCUT2D eigenvalue weighted by atomic mass is 10.1. The lowest BCUT2D eigenvalue weighted by molar-refractivity contribution is -0.121. The van der Waals surface area contributed by atoms with E-state index in [0.717, 1.165) is 23.5 Å². The third kappa shape index (κ3) is 5.76. The number of rotatable bonds is 9. The van der Waals surface area contributed by atoms with Gasteiger partial charge in [-0.3, -0.25) is 4.79 Å². The van der Waals surface area contributed by atoms with Gasteiger partial charge >= 0.3 is 0 Å². The number of hydrogen-bond donors (Lipinski definition) is 1. The molecule has 1 aromatic carbocycles. The van der Waals surface area contributed by atoms with Crippen LogP contribution in [-0.2, 0) is 11.3 Å². The molecule has 1 fully saturated rings. The standard InChI is InChI=1S/C21H26N2O3/c1-15-3-7-19(16(2)11-15)25-10-9-20(24)22-12-18-6-8-21(23-13-18)26-14-17-4-5-17/h3,6-8,11,13,17H,4-5,9-10,12,14H2,1-2H3,(H,22,24). The topological polar surface area (TPSA) is 60.5 Å². The zero-order valence-corrected chi connectivity index (χ0v) is 15.5. The number of nitrogens with zero attached hydrogens (tertiary/aromatic N) is 1. The van der Waals surface area contributed by atoms with Crippen molar-refractivity contribution in [2.45, 2.75) is 39.7 Å². The Morgan fingerprint density at radius 2 is 2.04 bits per heavy atom. The number of pyridine rings is 1. The SMILES string of the molecule is Cc1ccc(OCCC(=O)NCc2ccc(OCC3CC3)nc2)c(C)c1. The van der Waals surface area contributed by atoms with Crippen LogP contribution in [0, 0.1) is 19.8 Å². The maximum Gasteiger partial charge on any atom is 0.223 e. The Labute approximate surface area is 154 Å². The second-order valence-electron chi connectivity index (χ2n) is 6.90. The third-order valence-corrected chi connectivity index (χ3v) is 4.37. The predicted octanol–water partition coefficient (Wildman–Crippen LogP) is 3.57. The molecule has 0 bridgehead atoms. The first kappa shape index (κ1) is 18.2. The van der Waals surface area contributed by atoms with Crippen molar-refractivity contribution in [3.63, 3.8) is 0 Å². The van der Waals surface area contributed by atoms with E-state index in [1.54, 1.807) is 6.20 Å². The van der Waals surface area contributed by atoms with Gasteiger partial charge in [-0.15, -0.1) is 0 Å². The Balaban J connectivity index is 1.35. The summed E-state index contributed by atoms with van der Waals surface area (Å²) in [6.45, 7) is 5.63. The number of ether oxygens (including phenoxy) is 2. The molecule has 0 atom stereocenters. The molecule has 1 heterocycles. The predicted molar refractivity (Wildman–Crippen MR) is 100 cm³/mol. The molecule has 1 amide bonds. The average molecular weight is 354 g/mol. The number of aryl methyl sites for hydroxylation is 2. The van der Waals surface area contributed by atoms with E-state index in [1.807, 2.05) is 38.1 Å². The molecule has 2 aromatic rings. The minimum Gasteiger partial charge on any atom is -0.493 e. The van der Waals surface area contributed by atoms with Gasteiger partial charge in [0, 0.05) is 18.8 Å². The first-order valence-electron chi connectivity index (χ1n) is 9.14. The minimum absolute atomic E-state index is 0.0381. The Hall–Kier alpha value is -2.56. The van der Waals surface area contributed by atoms with Gasteiger partial charge in [0.1, 0.15) is 5.75 Å². The van der Waals surface area contributed by atoms with Gasteiger partial charge in [0.05, 0.1) is 19.6 Å². The van der Waals surface area contributed by atoms with Gasteiger partial charge in [0.2, 0.25) is 11.8 Å². The van der Waals surface area contributed by atoms with Crippen LogP contribution in [0.25, 0.3) is 0 Å². The molecular formula is C21H26N2O3. The van der Waals surface area contributed by atoms with Crippen LogP contribution in [0.4, 0.5) is 0 Å². The van der Waals surface area contributed by atoms with Crippen molar-refractivity contribution in [3.8, 4) is 11.6 Å². The zero-order valence-electron chi connectivity index (χ0n) is 15.5. The van der Waals surface area contributed by atoms with Crippen molar-refractivity contribution in [3.05, 3.63) is 53.2 Å². The molecular weight excluding hydrogens is 328 g/mol. The van der Waals surface area contributed by atoms with E-state index >= 15 is 0 Å². The highest BCUT2D eigenvalue weighted by molar-refractivity contribution is 5.76. The fraction of sp³-hybridized carbons (Fsp3) is 0.429. The fourth-order valence-corrected chi connectivity index (χ4v) is 2.59. The molecule has 0 unspecified atom stereocenters. The quantitative estimate of drug-likeness (QED) is 0.748. The molecule has 1 N–H and O–H groups in total. The van der Waals surface area contributed by atoms with Crippen LogP contribution in [0.3, 0.4) is 0 Å². The summed E-state index contributed by atoms with van der Waals surface area (Å²) in [6, 6.07) is 9.81. The first-order valence-corrected chi connectivity index (χ1v) is 9.14. The summed E-state index contributed by atoms with van der Waals surface area (Å²) in [6.07, 6.45) is 4.59. The molecule has 138 valence electrons. The normalized spacial score (nSPS) is 13.3. The van der Waals surface area contributed by atoms with Crippen LogP contribution in [-0.4, -0.2) is 24.1 Å². The molecule has 0 spiro atoms. The highest BCUT2D eigenvalue weighted by Gasteiger charge is 2.22. The van der Waals surface area contributed by atoms with Gasteiger partial charge in [-0.25, -0.2) is 4.98 Å². The van der Waals surface area contributed by atoms with E-state index in [4.69, 9.17) is 9.47 Å². The van der Waals surface area contributed by atoms with Crippen LogP contribution < -0.4 is 14.8 Å². The van der Waals surface area contributed by atoms with Gasteiger partial charge in [-0.05, 0) is 49.8 Å². The van der Waals surface area contributed by atoms with Gasteiger partial charge in [-0.1, -0.05) is 23.8 Å². The van der Waals surface area contributed by atoms with Crippen LogP contribution in [0.2, 0.25) is 0 Å². The van der Waals surface area contributed by atoms with Crippen LogP contribution in [0.5, 0.6) is 11.6 Å². The summed E-state index contributed by atoms with van der Waals surface area (Å²) in [5, 5.41) is 2.89. The Bertz CT molecular complexity index is 739. The monoisotopic (exact) mass is 354 g/mol. The summed E-state index contributed by atoms with van der Waals surface area (Å²) >= 11 is 0. The lowest BCUT2D eigenvalue weighted by Gasteiger charge is -2.10. The molecule has 26 heavy (non-hydrogen) atoms. The van der Waals surface area contributed by atoms with Crippen LogP contribution in [0.15, 0.2) is 36.5 Å². The van der Waals surface area contributed by atoms with Crippen molar-refractivity contribution in [1.82, 2.24) is 10.3 Å². The number of amides is 1. The summed E-state index contributed by atoms with van der Waals surface area (Å²) in [5.41, 5.74) is 3.23. The van der Waals surface area contributed by atoms with Crippen molar-refractivity contribution in [1.29, 1.82) is 0 Å². The smallest absolute Gasteiger partial charge is 0.223 e. The molecule has 5 nitrogen and oxygen atoms in total. The number of benzene rings is 1. The first-order chi connectivity index (χ1) is 12.6. The number of carbonyl (C=O) groups excluding carboxylic acids is 1. The Morgan fingerprint density at radius 3 is 2.73 bits per heavy atom. The van der Waals surface area contributed by atoms with Crippen molar-refractivity contribution in [2.75, 3.05) is 13.2 Å². The molecule has 5 heteroatoms. The molecule has 1 aromatic heterocycles. The van der Waals surface area contributed by atoms with Gasteiger partial charge in [-0.2, -0.15) is 0 Å². The number of carbonyl (C=O) groups is 1. The summed E-state index contributed by atoms with van der Waals surface area (Å²) in [4.78, 5) is 16.2. The molecule has 0 aliphatic heterocycles. The van der Waals surface area contributed by atoms with Gasteiger partial charge < -0.3 is 14.8 Å². The van der Waals surface area contributed by atoms with Gasteiger partial charge in [0.25, 0.3) is 0 Å². The second kappa shape index (κ2) is 8.70. The second-order valence-corrected chi connectivity index (χ2v) is 6.90. The van der Waals surface area contributed by atoms with E-state index in [2.05, 4.69) is 16.4 Å². The number of hydrogen-bond acceptors (Lipinski definition) is 4. The van der Waals surface area contributed by atoms with Crippen molar-refractivity contribution >= 4 is 5.91 Å².